The molecule has 34 heavy (non-hydrogen) atoms. The number of anilines is 1. The molecule has 2 aromatic carbocycles. The maximum absolute atomic E-state index is 12.7. The molecule has 0 atom stereocenters. The van der Waals surface area contributed by atoms with Gasteiger partial charge >= 0.3 is 0 Å². The first-order valence-corrected chi connectivity index (χ1v) is 12.5. The molecule has 182 valence electrons. The highest BCUT2D eigenvalue weighted by atomic mass is 35.5. The monoisotopic (exact) mass is 501 g/mol. The molecule has 1 N–H and O–H groups in total. The quantitative estimate of drug-likeness (QED) is 0.341. The van der Waals surface area contributed by atoms with Crippen LogP contribution in [0.15, 0.2) is 48.7 Å². The van der Waals surface area contributed by atoms with Crippen molar-refractivity contribution in [2.75, 3.05) is 25.6 Å². The van der Waals surface area contributed by atoms with Crippen molar-refractivity contribution in [2.45, 2.75) is 46.2 Å². The molecule has 8 heteroatoms. The number of ether oxygens (including phenoxy) is 2. The summed E-state index contributed by atoms with van der Waals surface area (Å²) >= 11 is 7.45. The minimum absolute atomic E-state index is 0.117. The lowest BCUT2D eigenvalue weighted by molar-refractivity contribution is -0.115. The van der Waals surface area contributed by atoms with Crippen LogP contribution in [0.4, 0.5) is 5.69 Å². The molecule has 0 aliphatic rings. The van der Waals surface area contributed by atoms with Crippen LogP contribution in [0.3, 0.4) is 0 Å². The highest BCUT2D eigenvalue weighted by Crippen LogP contribution is 2.31. The van der Waals surface area contributed by atoms with E-state index in [0.29, 0.717) is 40.9 Å². The van der Waals surface area contributed by atoms with Gasteiger partial charge in [0.15, 0.2) is 11.5 Å². The molecular formula is C26H32ClN3O3S. The summed E-state index contributed by atoms with van der Waals surface area (Å²) in [6.07, 6.45) is 1.98. The molecule has 0 radical (unpaired) electrons. The van der Waals surface area contributed by atoms with E-state index in [2.05, 4.69) is 42.9 Å². The molecule has 1 heterocycles. The second-order valence-corrected chi connectivity index (χ2v) is 10.1. The topological polar surface area (TPSA) is 63.7 Å². The van der Waals surface area contributed by atoms with Gasteiger partial charge in [0.1, 0.15) is 11.6 Å². The first-order chi connectivity index (χ1) is 16.3. The molecule has 0 aliphatic heterocycles. The van der Waals surface area contributed by atoms with E-state index in [1.165, 1.54) is 11.3 Å². The number of hydrogen-bond donors (Lipinski definition) is 1. The Bertz CT molecular complexity index is 1080. The van der Waals surface area contributed by atoms with E-state index in [0.717, 1.165) is 22.0 Å². The van der Waals surface area contributed by atoms with E-state index < -0.39 is 0 Å². The molecular weight excluding hydrogens is 470 g/mol. The zero-order valence-electron chi connectivity index (χ0n) is 20.3. The molecule has 6 nitrogen and oxygen atoms in total. The third kappa shape index (κ3) is 7.19. The molecule has 0 spiro atoms. The number of methoxy groups -OCH3 is 1. The van der Waals surface area contributed by atoms with Gasteiger partial charge < -0.3 is 14.8 Å². The summed E-state index contributed by atoms with van der Waals surface area (Å²) < 4.78 is 11.5. The van der Waals surface area contributed by atoms with E-state index in [4.69, 9.17) is 21.1 Å². The van der Waals surface area contributed by atoms with Gasteiger partial charge in [0.05, 0.1) is 13.5 Å². The van der Waals surface area contributed by atoms with E-state index in [1.807, 2.05) is 30.3 Å². The van der Waals surface area contributed by atoms with Gasteiger partial charge in [-0.05, 0) is 52.0 Å². The zero-order valence-corrected chi connectivity index (χ0v) is 21.9. The lowest BCUT2D eigenvalue weighted by Crippen LogP contribution is -2.39. The molecule has 0 aliphatic carbocycles. The summed E-state index contributed by atoms with van der Waals surface area (Å²) in [5.41, 5.74) is 1.64. The van der Waals surface area contributed by atoms with E-state index in [1.54, 1.807) is 25.4 Å². The van der Waals surface area contributed by atoms with Gasteiger partial charge in [-0.2, -0.15) is 0 Å². The number of nitrogens with one attached hydrogen (secondary N) is 1. The normalized spacial score (nSPS) is 11.3. The Morgan fingerprint density at radius 3 is 2.44 bits per heavy atom. The third-order valence-electron chi connectivity index (χ3n) is 5.36. The van der Waals surface area contributed by atoms with Crippen LogP contribution in [0.25, 0.3) is 10.6 Å². The minimum Gasteiger partial charge on any atom is -0.493 e. The number of hydrogen-bond acceptors (Lipinski definition) is 6. The fraction of sp³-hybridized carbons (Fsp3) is 0.385. The molecule has 3 aromatic rings. The van der Waals surface area contributed by atoms with Gasteiger partial charge in [-0.3, -0.25) is 9.69 Å². The van der Waals surface area contributed by atoms with Crippen molar-refractivity contribution < 1.29 is 14.3 Å². The fourth-order valence-electron chi connectivity index (χ4n) is 3.72. The number of nitrogens with zero attached hydrogens (tertiary/aromatic N) is 2. The van der Waals surface area contributed by atoms with Crippen LogP contribution < -0.4 is 14.8 Å². The van der Waals surface area contributed by atoms with Crippen molar-refractivity contribution in [3.05, 3.63) is 58.6 Å². The van der Waals surface area contributed by atoms with Crippen LogP contribution in [0.5, 0.6) is 11.5 Å². The molecule has 0 saturated carbocycles. The van der Waals surface area contributed by atoms with Gasteiger partial charge in [0.25, 0.3) is 0 Å². The summed E-state index contributed by atoms with van der Waals surface area (Å²) in [6.45, 7) is 10.0. The first kappa shape index (κ1) is 26.0. The largest absolute Gasteiger partial charge is 0.493 e. The van der Waals surface area contributed by atoms with Crippen molar-refractivity contribution in [2.24, 2.45) is 0 Å². The number of amides is 1. The molecule has 1 aromatic heterocycles. The Morgan fingerprint density at radius 1 is 1.09 bits per heavy atom. The highest BCUT2D eigenvalue weighted by molar-refractivity contribution is 7.15. The molecule has 0 unspecified atom stereocenters. The van der Waals surface area contributed by atoms with Crippen LogP contribution in [-0.2, 0) is 11.2 Å². The van der Waals surface area contributed by atoms with Gasteiger partial charge in [0, 0.05) is 52.0 Å². The van der Waals surface area contributed by atoms with E-state index in [-0.39, 0.29) is 12.3 Å². The minimum atomic E-state index is -0.117. The summed E-state index contributed by atoms with van der Waals surface area (Å²) in [5, 5.41) is 4.49. The maximum atomic E-state index is 12.7. The fourth-order valence-corrected chi connectivity index (χ4v) is 4.76. The van der Waals surface area contributed by atoms with Crippen molar-refractivity contribution in [3.8, 4) is 22.1 Å². The lowest BCUT2D eigenvalue weighted by Gasteiger charge is -2.30. The zero-order chi connectivity index (χ0) is 24.7. The SMILES string of the molecule is COc1ccc(NC(=O)Cc2cnc(-c3ccc(Cl)cc3)s2)cc1OCCN(C(C)C)C(C)C. The van der Waals surface area contributed by atoms with Crippen molar-refractivity contribution in [1.29, 1.82) is 0 Å². The van der Waals surface area contributed by atoms with Crippen molar-refractivity contribution >= 4 is 34.5 Å². The molecule has 0 saturated heterocycles. The van der Waals surface area contributed by atoms with Gasteiger partial charge in [-0.15, -0.1) is 11.3 Å². The average Bonchev–Trinajstić information content (AvgIpc) is 3.25. The van der Waals surface area contributed by atoms with Crippen LogP contribution in [-0.4, -0.2) is 48.1 Å². The van der Waals surface area contributed by atoms with Crippen LogP contribution in [0.1, 0.15) is 32.6 Å². The predicted molar refractivity (Wildman–Crippen MR) is 140 cm³/mol. The smallest absolute Gasteiger partial charge is 0.229 e. The predicted octanol–water partition coefficient (Wildman–Crippen LogP) is 6.15. The molecule has 3 rings (SSSR count). The van der Waals surface area contributed by atoms with E-state index >= 15 is 0 Å². The summed E-state index contributed by atoms with van der Waals surface area (Å²) in [7, 11) is 1.61. The van der Waals surface area contributed by atoms with E-state index in [9.17, 15) is 4.79 Å². The van der Waals surface area contributed by atoms with Crippen molar-refractivity contribution in [1.82, 2.24) is 9.88 Å². The molecule has 1 amide bonds. The third-order valence-corrected chi connectivity index (χ3v) is 6.66. The summed E-state index contributed by atoms with van der Waals surface area (Å²) in [4.78, 5) is 20.4. The highest BCUT2D eigenvalue weighted by Gasteiger charge is 2.15. The second kappa shape index (κ2) is 12.2. The number of rotatable bonds is 11. The number of thiazole rings is 1. The number of carbonyl (C=O) groups is 1. The standard InChI is InChI=1S/C26H32ClN3O3S/c1-17(2)30(18(3)4)12-13-33-24-14-21(10-11-23(24)32-5)29-25(31)15-22-16-28-26(34-22)19-6-8-20(27)9-7-19/h6-11,14,16-18H,12-13,15H2,1-5H3,(H,29,31). The van der Waals surface area contributed by atoms with Gasteiger partial charge in [0.2, 0.25) is 5.91 Å². The first-order valence-electron chi connectivity index (χ1n) is 11.3. The van der Waals surface area contributed by atoms with Gasteiger partial charge in [-0.1, -0.05) is 23.7 Å². The summed E-state index contributed by atoms with van der Waals surface area (Å²) in [6, 6.07) is 13.8. The number of benzene rings is 2. The Labute approximate surface area is 210 Å². The Balaban J connectivity index is 1.60. The van der Waals surface area contributed by atoms with Gasteiger partial charge in [-0.25, -0.2) is 4.98 Å². The van der Waals surface area contributed by atoms with Crippen molar-refractivity contribution in [3.63, 3.8) is 0 Å². The Kier molecular flexibility index (Phi) is 9.33. The number of carbonyl (C=O) groups excluding carboxylic acids is 1. The average molecular weight is 502 g/mol. The molecule has 0 fully saturated rings. The van der Waals surface area contributed by atoms with Crippen LogP contribution >= 0.6 is 22.9 Å². The summed E-state index contributed by atoms with van der Waals surface area (Å²) in [5.74, 6) is 1.12. The Morgan fingerprint density at radius 2 is 1.79 bits per heavy atom. The Hall–Kier alpha value is -2.61. The number of halogens is 1. The molecule has 0 bridgehead atoms. The van der Waals surface area contributed by atoms with Crippen LogP contribution in [0.2, 0.25) is 5.02 Å². The second-order valence-electron chi connectivity index (χ2n) is 8.50. The lowest BCUT2D eigenvalue weighted by atomic mass is 10.2. The van der Waals surface area contributed by atoms with Crippen LogP contribution in [0, 0.1) is 0 Å². The number of aromatic nitrogens is 1. The maximum Gasteiger partial charge on any atom is 0.229 e.